The molecule has 3 heterocycles. The van der Waals surface area contributed by atoms with Gasteiger partial charge in [0.25, 0.3) is 0 Å². The molecule has 1 aliphatic heterocycles. The van der Waals surface area contributed by atoms with Gasteiger partial charge in [-0.3, -0.25) is 0 Å². The average Bonchev–Trinajstić information content (AvgIpc) is 3.05. The van der Waals surface area contributed by atoms with Gasteiger partial charge in [0.2, 0.25) is 5.95 Å². The third-order valence-corrected chi connectivity index (χ3v) is 4.50. The highest BCUT2D eigenvalue weighted by Gasteiger charge is 2.24. The minimum Gasteiger partial charge on any atom is -0.357 e. The van der Waals surface area contributed by atoms with Crippen molar-refractivity contribution in [3.8, 4) is 0 Å². The molecule has 1 saturated heterocycles. The van der Waals surface area contributed by atoms with Gasteiger partial charge >= 0.3 is 0 Å². The molecule has 0 amide bonds. The number of fused-ring (bicyclic) bond motifs is 1. The molecule has 0 bridgehead atoms. The molecule has 0 saturated carbocycles. The molecular formula is C13H18N4S. The summed E-state index contributed by atoms with van der Waals surface area (Å²) in [6.07, 6.45) is 2.54. The molecule has 18 heavy (non-hydrogen) atoms. The minimum atomic E-state index is 0.722. The molecule has 0 aliphatic carbocycles. The summed E-state index contributed by atoms with van der Waals surface area (Å²) < 4.78 is 0. The van der Waals surface area contributed by atoms with Crippen LogP contribution in [0.15, 0.2) is 11.4 Å². The maximum absolute atomic E-state index is 4.65. The van der Waals surface area contributed by atoms with Crippen LogP contribution in [-0.2, 0) is 0 Å². The van der Waals surface area contributed by atoms with E-state index in [1.807, 2.05) is 7.05 Å². The summed E-state index contributed by atoms with van der Waals surface area (Å²) in [6.45, 7) is 4.51. The molecule has 4 nitrogen and oxygen atoms in total. The van der Waals surface area contributed by atoms with Gasteiger partial charge in [-0.25, -0.2) is 4.98 Å². The summed E-state index contributed by atoms with van der Waals surface area (Å²) in [5.41, 5.74) is 0. The molecule has 96 valence electrons. The van der Waals surface area contributed by atoms with Crippen LogP contribution in [0.1, 0.15) is 19.8 Å². The van der Waals surface area contributed by atoms with E-state index in [0.717, 1.165) is 35.6 Å². The van der Waals surface area contributed by atoms with E-state index in [2.05, 4.69) is 38.6 Å². The van der Waals surface area contributed by atoms with Crippen molar-refractivity contribution in [2.75, 3.05) is 30.4 Å². The van der Waals surface area contributed by atoms with E-state index in [0.29, 0.717) is 0 Å². The van der Waals surface area contributed by atoms with Gasteiger partial charge in [-0.05, 0) is 23.8 Å². The van der Waals surface area contributed by atoms with Crippen LogP contribution in [0.25, 0.3) is 10.2 Å². The number of aromatic nitrogens is 2. The fourth-order valence-electron chi connectivity index (χ4n) is 2.55. The van der Waals surface area contributed by atoms with Gasteiger partial charge < -0.3 is 10.2 Å². The topological polar surface area (TPSA) is 41.1 Å². The second kappa shape index (κ2) is 4.72. The van der Waals surface area contributed by atoms with Gasteiger partial charge in [-0.15, -0.1) is 11.3 Å². The van der Waals surface area contributed by atoms with Crippen molar-refractivity contribution >= 4 is 33.3 Å². The van der Waals surface area contributed by atoms with E-state index in [4.69, 9.17) is 0 Å². The van der Waals surface area contributed by atoms with Crippen molar-refractivity contribution < 1.29 is 0 Å². The molecule has 0 spiro atoms. The van der Waals surface area contributed by atoms with Crippen LogP contribution in [0.2, 0.25) is 0 Å². The molecule has 1 aliphatic rings. The summed E-state index contributed by atoms with van der Waals surface area (Å²) in [6, 6.07) is 2.13. The van der Waals surface area contributed by atoms with E-state index >= 15 is 0 Å². The highest BCUT2D eigenvalue weighted by Crippen LogP contribution is 2.32. The Morgan fingerprint density at radius 3 is 3.11 bits per heavy atom. The lowest BCUT2D eigenvalue weighted by molar-refractivity contribution is 0.569. The number of hydrogen-bond donors (Lipinski definition) is 1. The lowest BCUT2D eigenvalue weighted by Gasteiger charge is -2.18. The summed E-state index contributed by atoms with van der Waals surface area (Å²) in [5, 5.41) is 6.34. The molecule has 1 atom stereocenters. The molecule has 1 N–H and O–H groups in total. The Balaban J connectivity index is 2.02. The third kappa shape index (κ3) is 1.92. The predicted octanol–water partition coefficient (Wildman–Crippen LogP) is 2.97. The van der Waals surface area contributed by atoms with Crippen molar-refractivity contribution in [3.63, 3.8) is 0 Å². The second-order valence-electron chi connectivity index (χ2n) is 4.77. The molecule has 3 rings (SSSR count). The smallest absolute Gasteiger partial charge is 0.225 e. The first-order valence-corrected chi connectivity index (χ1v) is 7.37. The number of rotatable bonds is 3. The van der Waals surface area contributed by atoms with Gasteiger partial charge in [0.05, 0.1) is 5.39 Å². The van der Waals surface area contributed by atoms with Crippen molar-refractivity contribution in [1.82, 2.24) is 9.97 Å². The van der Waals surface area contributed by atoms with E-state index in [-0.39, 0.29) is 0 Å². The third-order valence-electron chi connectivity index (χ3n) is 3.69. The maximum Gasteiger partial charge on any atom is 0.225 e. The van der Waals surface area contributed by atoms with E-state index in [1.165, 1.54) is 18.2 Å². The fourth-order valence-corrected chi connectivity index (χ4v) is 3.31. The number of anilines is 2. The molecular weight excluding hydrogens is 244 g/mol. The van der Waals surface area contributed by atoms with Gasteiger partial charge in [-0.1, -0.05) is 13.3 Å². The lowest BCUT2D eigenvalue weighted by atomic mass is 10.1. The largest absolute Gasteiger partial charge is 0.357 e. The predicted molar refractivity (Wildman–Crippen MR) is 77.6 cm³/mol. The maximum atomic E-state index is 4.65. The molecule has 1 fully saturated rings. The van der Waals surface area contributed by atoms with Crippen LogP contribution < -0.4 is 10.2 Å². The van der Waals surface area contributed by atoms with Crippen LogP contribution in [0.4, 0.5) is 11.8 Å². The van der Waals surface area contributed by atoms with Crippen LogP contribution in [0.3, 0.4) is 0 Å². The van der Waals surface area contributed by atoms with E-state index in [1.54, 1.807) is 11.3 Å². The SMILES string of the molecule is CCC1CCN(c2nc(NC)nc3sccc23)C1. The van der Waals surface area contributed by atoms with Crippen molar-refractivity contribution in [2.24, 2.45) is 5.92 Å². The standard InChI is InChI=1S/C13H18N4S/c1-3-9-4-6-17(8-9)11-10-5-7-18-12(10)16-13(14-2)15-11/h5,7,9H,3-4,6,8H2,1-2H3,(H,14,15,16). The van der Waals surface area contributed by atoms with Gasteiger partial charge in [-0.2, -0.15) is 4.98 Å². The first kappa shape index (κ1) is 11.7. The van der Waals surface area contributed by atoms with Crippen LogP contribution >= 0.6 is 11.3 Å². The van der Waals surface area contributed by atoms with Gasteiger partial charge in [0.15, 0.2) is 0 Å². The normalized spacial score (nSPS) is 19.7. The zero-order valence-electron chi connectivity index (χ0n) is 10.8. The number of thiophene rings is 1. The summed E-state index contributed by atoms with van der Waals surface area (Å²) in [7, 11) is 1.87. The number of hydrogen-bond acceptors (Lipinski definition) is 5. The van der Waals surface area contributed by atoms with Crippen molar-refractivity contribution in [2.45, 2.75) is 19.8 Å². The van der Waals surface area contributed by atoms with Crippen LogP contribution in [0, 0.1) is 5.92 Å². The first-order valence-electron chi connectivity index (χ1n) is 6.49. The van der Waals surface area contributed by atoms with E-state index in [9.17, 15) is 0 Å². The first-order chi connectivity index (χ1) is 8.81. The molecule has 5 heteroatoms. The second-order valence-corrected chi connectivity index (χ2v) is 5.66. The summed E-state index contributed by atoms with van der Waals surface area (Å²) in [4.78, 5) is 12.6. The number of nitrogens with one attached hydrogen (secondary N) is 1. The Morgan fingerprint density at radius 2 is 2.39 bits per heavy atom. The number of nitrogens with zero attached hydrogens (tertiary/aromatic N) is 3. The highest BCUT2D eigenvalue weighted by atomic mass is 32.1. The molecule has 0 radical (unpaired) electrons. The fraction of sp³-hybridized carbons (Fsp3) is 0.538. The Labute approximate surface area is 111 Å². The van der Waals surface area contributed by atoms with Gasteiger partial charge in [0, 0.05) is 20.1 Å². The van der Waals surface area contributed by atoms with Crippen molar-refractivity contribution in [3.05, 3.63) is 11.4 Å². The van der Waals surface area contributed by atoms with E-state index < -0.39 is 0 Å². The Bertz CT molecular complexity index is 551. The quantitative estimate of drug-likeness (QED) is 0.923. The van der Waals surface area contributed by atoms with Crippen LogP contribution in [-0.4, -0.2) is 30.1 Å². The molecule has 0 aromatic carbocycles. The molecule has 2 aromatic rings. The summed E-state index contributed by atoms with van der Waals surface area (Å²) in [5.74, 6) is 2.63. The highest BCUT2D eigenvalue weighted by molar-refractivity contribution is 7.16. The zero-order valence-corrected chi connectivity index (χ0v) is 11.6. The minimum absolute atomic E-state index is 0.722. The van der Waals surface area contributed by atoms with Crippen LogP contribution in [0.5, 0.6) is 0 Å². The van der Waals surface area contributed by atoms with Gasteiger partial charge in [0.1, 0.15) is 10.6 Å². The monoisotopic (exact) mass is 262 g/mol. The van der Waals surface area contributed by atoms with Crippen molar-refractivity contribution in [1.29, 1.82) is 0 Å². The lowest BCUT2D eigenvalue weighted by Crippen LogP contribution is -2.21. The Morgan fingerprint density at radius 1 is 1.50 bits per heavy atom. The zero-order chi connectivity index (χ0) is 12.5. The Hall–Kier alpha value is -1.36. The Kier molecular flexibility index (Phi) is 3.07. The summed E-state index contributed by atoms with van der Waals surface area (Å²) >= 11 is 1.68. The average molecular weight is 262 g/mol. The molecule has 2 aromatic heterocycles. The molecule has 1 unspecified atom stereocenters.